The number of ether oxygens (including phenoxy) is 1. The van der Waals surface area contributed by atoms with Gasteiger partial charge >= 0.3 is 0 Å². The first kappa shape index (κ1) is 14.1. The van der Waals surface area contributed by atoms with Gasteiger partial charge in [0.15, 0.2) is 0 Å². The van der Waals surface area contributed by atoms with E-state index in [4.69, 9.17) is 4.74 Å². The molecular formula is C20H26N2O. The zero-order valence-electron chi connectivity index (χ0n) is 14.2. The van der Waals surface area contributed by atoms with Gasteiger partial charge in [0.1, 0.15) is 0 Å². The second-order valence-electron chi connectivity index (χ2n) is 7.80. The Labute approximate surface area is 138 Å². The first-order valence-corrected chi connectivity index (χ1v) is 9.15. The van der Waals surface area contributed by atoms with Crippen molar-refractivity contribution in [1.29, 1.82) is 0 Å². The molecule has 4 atom stereocenters. The normalized spacial score (nSPS) is 35.8. The molecule has 0 aliphatic carbocycles. The lowest BCUT2D eigenvalue weighted by molar-refractivity contribution is 0.0954. The minimum absolute atomic E-state index is 0.376. The van der Waals surface area contributed by atoms with Crippen LogP contribution in [-0.4, -0.2) is 41.3 Å². The average molecular weight is 310 g/mol. The largest absolute Gasteiger partial charge is 0.368 e. The molecule has 2 bridgehead atoms. The molecule has 3 aliphatic heterocycles. The Kier molecular flexibility index (Phi) is 2.96. The summed E-state index contributed by atoms with van der Waals surface area (Å²) < 4.78 is 8.51. The van der Waals surface area contributed by atoms with E-state index in [9.17, 15) is 0 Å². The number of benzene rings is 1. The minimum Gasteiger partial charge on any atom is -0.368 e. The van der Waals surface area contributed by atoms with Gasteiger partial charge in [-0.05, 0) is 37.3 Å². The smallest absolute Gasteiger partial charge is 0.0974 e. The number of aromatic nitrogens is 1. The first-order chi connectivity index (χ1) is 11.2. The number of nitrogens with zero attached hydrogens (tertiary/aromatic N) is 2. The van der Waals surface area contributed by atoms with Crippen LogP contribution in [0.4, 0.5) is 0 Å². The summed E-state index contributed by atoms with van der Waals surface area (Å²) in [6, 6.07) is 8.93. The summed E-state index contributed by atoms with van der Waals surface area (Å²) in [5, 5.41) is 1.47. The summed E-state index contributed by atoms with van der Waals surface area (Å²) >= 11 is 0. The highest BCUT2D eigenvalue weighted by molar-refractivity contribution is 5.85. The van der Waals surface area contributed by atoms with E-state index in [2.05, 4.69) is 47.7 Å². The van der Waals surface area contributed by atoms with Gasteiger partial charge in [-0.25, -0.2) is 0 Å². The van der Waals surface area contributed by atoms with E-state index in [0.29, 0.717) is 17.6 Å². The summed E-state index contributed by atoms with van der Waals surface area (Å²) in [7, 11) is 2.25. The molecule has 3 aliphatic rings. The van der Waals surface area contributed by atoms with Crippen molar-refractivity contribution < 1.29 is 4.74 Å². The van der Waals surface area contributed by atoms with E-state index >= 15 is 0 Å². The molecule has 0 radical (unpaired) electrons. The van der Waals surface area contributed by atoms with E-state index in [1.54, 1.807) is 11.3 Å². The lowest BCUT2D eigenvalue weighted by atomic mass is 9.73. The van der Waals surface area contributed by atoms with Crippen LogP contribution in [0.2, 0.25) is 0 Å². The molecule has 3 nitrogen and oxygen atoms in total. The molecule has 122 valence electrons. The SMILES string of the molecule is CC[C@]12CCc3c(c4ccccc4n3C)CCN(C[C@@H]3O[C@@H]31)C2. The second kappa shape index (κ2) is 4.84. The van der Waals surface area contributed by atoms with Crippen molar-refractivity contribution in [2.75, 3.05) is 19.6 Å². The fraction of sp³-hybridized carbons (Fsp3) is 0.600. The molecule has 0 N–H and O–H groups in total. The molecule has 1 aromatic carbocycles. The highest BCUT2D eigenvalue weighted by Crippen LogP contribution is 2.49. The van der Waals surface area contributed by atoms with Crippen LogP contribution in [-0.2, 0) is 24.6 Å². The molecule has 2 saturated heterocycles. The highest BCUT2D eigenvalue weighted by Gasteiger charge is 2.57. The van der Waals surface area contributed by atoms with Crippen molar-refractivity contribution in [3.05, 3.63) is 35.5 Å². The number of epoxide rings is 1. The van der Waals surface area contributed by atoms with Crippen molar-refractivity contribution in [2.24, 2.45) is 12.5 Å². The van der Waals surface area contributed by atoms with E-state index in [0.717, 1.165) is 6.54 Å². The Balaban J connectivity index is 1.61. The third-order valence-electron chi connectivity index (χ3n) is 6.75. The van der Waals surface area contributed by atoms with Gasteiger partial charge in [0, 0.05) is 48.7 Å². The molecule has 5 rings (SSSR count). The van der Waals surface area contributed by atoms with Gasteiger partial charge in [-0.3, -0.25) is 4.90 Å². The van der Waals surface area contributed by atoms with Gasteiger partial charge < -0.3 is 9.30 Å². The predicted octanol–water partition coefficient (Wildman–Crippen LogP) is 3.15. The van der Waals surface area contributed by atoms with Gasteiger partial charge in [0.25, 0.3) is 0 Å². The summed E-state index contributed by atoms with van der Waals surface area (Å²) in [5.74, 6) is 0. The number of para-hydroxylation sites is 1. The highest BCUT2D eigenvalue weighted by atomic mass is 16.6. The van der Waals surface area contributed by atoms with Crippen LogP contribution < -0.4 is 0 Å². The fourth-order valence-electron chi connectivity index (χ4n) is 5.32. The second-order valence-corrected chi connectivity index (χ2v) is 7.80. The van der Waals surface area contributed by atoms with E-state index < -0.39 is 0 Å². The Morgan fingerprint density at radius 3 is 3.00 bits per heavy atom. The van der Waals surface area contributed by atoms with Crippen molar-refractivity contribution in [1.82, 2.24) is 9.47 Å². The van der Waals surface area contributed by atoms with Crippen LogP contribution in [0.3, 0.4) is 0 Å². The van der Waals surface area contributed by atoms with Gasteiger partial charge in [0.05, 0.1) is 12.2 Å². The lowest BCUT2D eigenvalue weighted by Gasteiger charge is -2.39. The molecule has 1 unspecified atom stereocenters. The molecule has 1 aromatic heterocycles. The van der Waals surface area contributed by atoms with Gasteiger partial charge in [0.2, 0.25) is 0 Å². The number of rotatable bonds is 1. The Morgan fingerprint density at radius 1 is 1.26 bits per heavy atom. The molecular weight excluding hydrogens is 284 g/mol. The summed E-state index contributed by atoms with van der Waals surface area (Å²) in [6.45, 7) is 5.92. The average Bonchev–Trinajstić information content (AvgIpc) is 3.30. The van der Waals surface area contributed by atoms with Gasteiger partial charge in [-0.2, -0.15) is 0 Å². The quantitative estimate of drug-likeness (QED) is 0.754. The van der Waals surface area contributed by atoms with Crippen molar-refractivity contribution >= 4 is 10.9 Å². The summed E-state index contributed by atoms with van der Waals surface area (Å²) in [4.78, 5) is 2.68. The lowest BCUT2D eigenvalue weighted by Crippen LogP contribution is -2.48. The van der Waals surface area contributed by atoms with Crippen LogP contribution >= 0.6 is 0 Å². The predicted molar refractivity (Wildman–Crippen MR) is 92.8 cm³/mol. The maximum atomic E-state index is 6.07. The van der Waals surface area contributed by atoms with Crippen molar-refractivity contribution in [2.45, 2.75) is 44.8 Å². The third kappa shape index (κ3) is 1.96. The van der Waals surface area contributed by atoms with Crippen LogP contribution in [0, 0.1) is 5.41 Å². The fourth-order valence-corrected chi connectivity index (χ4v) is 5.32. The summed E-state index contributed by atoms with van der Waals surface area (Å²) in [5.41, 5.74) is 4.92. The summed E-state index contributed by atoms with van der Waals surface area (Å²) in [6.07, 6.45) is 5.91. The third-order valence-corrected chi connectivity index (χ3v) is 6.75. The van der Waals surface area contributed by atoms with E-state index in [-0.39, 0.29) is 0 Å². The Morgan fingerprint density at radius 2 is 2.13 bits per heavy atom. The maximum Gasteiger partial charge on any atom is 0.0974 e. The van der Waals surface area contributed by atoms with Crippen LogP contribution in [0.1, 0.15) is 31.0 Å². The topological polar surface area (TPSA) is 20.7 Å². The van der Waals surface area contributed by atoms with E-state index in [1.807, 2.05) is 0 Å². The van der Waals surface area contributed by atoms with Crippen molar-refractivity contribution in [3.63, 3.8) is 0 Å². The van der Waals surface area contributed by atoms with Gasteiger partial charge in [-0.15, -0.1) is 0 Å². The standard InChI is InChI=1S/C20H26N2O/c1-3-20-10-8-17-15(14-6-4-5-7-16(14)21(17)2)9-11-22(13-20)12-18-19(20)23-18/h4-7,18-19H,3,8-13H2,1-2H3/t18-,19-,20+/m0/s1. The first-order valence-electron chi connectivity index (χ1n) is 9.15. The number of piperidine rings is 1. The van der Waals surface area contributed by atoms with Crippen molar-refractivity contribution in [3.8, 4) is 0 Å². The molecule has 0 amide bonds. The molecule has 4 heterocycles. The maximum absolute atomic E-state index is 6.07. The van der Waals surface area contributed by atoms with E-state index in [1.165, 1.54) is 49.7 Å². The van der Waals surface area contributed by atoms with Crippen LogP contribution in [0.25, 0.3) is 10.9 Å². The Bertz CT molecular complexity index is 764. The minimum atomic E-state index is 0.376. The number of hydrogen-bond donors (Lipinski definition) is 0. The molecule has 0 saturated carbocycles. The molecule has 2 fully saturated rings. The number of aryl methyl sites for hydroxylation is 1. The molecule has 23 heavy (non-hydrogen) atoms. The molecule has 3 heteroatoms. The van der Waals surface area contributed by atoms with Crippen LogP contribution in [0.5, 0.6) is 0 Å². The molecule has 0 spiro atoms. The monoisotopic (exact) mass is 310 g/mol. The Hall–Kier alpha value is -1.32. The number of fused-ring (bicyclic) bond motifs is 7. The van der Waals surface area contributed by atoms with Gasteiger partial charge in [-0.1, -0.05) is 25.1 Å². The zero-order chi connectivity index (χ0) is 15.6. The number of hydrogen-bond acceptors (Lipinski definition) is 2. The van der Waals surface area contributed by atoms with Crippen LogP contribution in [0.15, 0.2) is 24.3 Å². The molecule has 2 aromatic rings. The zero-order valence-corrected chi connectivity index (χ0v) is 14.2.